The van der Waals surface area contributed by atoms with Crippen molar-refractivity contribution in [1.29, 1.82) is 0 Å². The molecule has 3 heterocycles. The van der Waals surface area contributed by atoms with Gasteiger partial charge >= 0.3 is 0 Å². The molecule has 7 rings (SSSR count). The third kappa shape index (κ3) is 3.23. The second-order valence-electron chi connectivity index (χ2n) is 10.2. The van der Waals surface area contributed by atoms with Gasteiger partial charge in [0.2, 0.25) is 5.91 Å². The zero-order valence-corrected chi connectivity index (χ0v) is 20.2. The first-order valence-electron chi connectivity index (χ1n) is 10.9. The van der Waals surface area contributed by atoms with Crippen molar-refractivity contribution in [3.05, 3.63) is 29.0 Å². The number of hydrogen-bond donors (Lipinski definition) is 1. The first-order valence-corrected chi connectivity index (χ1v) is 12.6. The highest BCUT2D eigenvalue weighted by Crippen LogP contribution is 2.74. The quantitative estimate of drug-likeness (QED) is 0.493. The summed E-state index contributed by atoms with van der Waals surface area (Å²) in [6.45, 7) is 2.20. The van der Waals surface area contributed by atoms with Crippen LogP contribution in [0.25, 0.3) is 16.3 Å². The molecule has 1 N–H and O–H groups in total. The van der Waals surface area contributed by atoms with Crippen LogP contribution in [-0.4, -0.2) is 50.0 Å². The number of alkyl halides is 2. The van der Waals surface area contributed by atoms with Crippen molar-refractivity contribution >= 4 is 34.8 Å². The number of aromatic nitrogens is 4. The number of amides is 1. The highest BCUT2D eigenvalue weighted by molar-refractivity contribution is 7.97. The molecule has 33 heavy (non-hydrogen) atoms. The topological polar surface area (TPSA) is 75.4 Å². The minimum absolute atomic E-state index is 0.0646. The third-order valence-corrected chi connectivity index (χ3v) is 9.31. The molecule has 2 bridgehead atoms. The Kier molecular flexibility index (Phi) is 4.52. The molecule has 4 fully saturated rings. The van der Waals surface area contributed by atoms with Crippen molar-refractivity contribution in [1.82, 2.24) is 29.2 Å². The first kappa shape index (κ1) is 21.4. The summed E-state index contributed by atoms with van der Waals surface area (Å²) in [5.41, 5.74) is 2.41. The lowest BCUT2D eigenvalue weighted by atomic mass is 9.33. The van der Waals surface area contributed by atoms with E-state index in [1.807, 2.05) is 24.7 Å². The molecule has 4 saturated carbocycles. The normalized spacial score (nSPS) is 26.8. The van der Waals surface area contributed by atoms with Gasteiger partial charge in [0.25, 0.3) is 6.43 Å². The Morgan fingerprint density at radius 3 is 2.61 bits per heavy atom. The fourth-order valence-electron chi connectivity index (χ4n) is 5.34. The number of fused-ring (bicyclic) bond motifs is 1. The standard InChI is InChI=1S/C22H24F2N6OS2/c1-20(4-5-20)28-33-12-6-13(21-9-22(10-21,11-21)19(31)29(2)3)16-25-7-14(30(16)8-12)17-26-27-18(32-17)15(23)24/h6-8,15,28H,4-5,9-11H2,1-3H3. The largest absolute Gasteiger partial charge is 0.348 e. The fourth-order valence-corrected chi connectivity index (χ4v) is 6.95. The van der Waals surface area contributed by atoms with Crippen LogP contribution in [0.15, 0.2) is 23.4 Å². The van der Waals surface area contributed by atoms with Gasteiger partial charge in [-0.15, -0.1) is 10.2 Å². The Balaban J connectivity index is 1.40. The van der Waals surface area contributed by atoms with Crippen LogP contribution in [0.4, 0.5) is 8.78 Å². The average Bonchev–Trinajstić information content (AvgIpc) is 3.11. The van der Waals surface area contributed by atoms with E-state index in [4.69, 9.17) is 0 Å². The summed E-state index contributed by atoms with van der Waals surface area (Å²) in [4.78, 5) is 20.1. The molecule has 0 spiro atoms. The highest BCUT2D eigenvalue weighted by Gasteiger charge is 2.72. The summed E-state index contributed by atoms with van der Waals surface area (Å²) in [5, 5.41) is 7.77. The first-order chi connectivity index (χ1) is 15.6. The predicted molar refractivity (Wildman–Crippen MR) is 122 cm³/mol. The van der Waals surface area contributed by atoms with Gasteiger partial charge in [-0.3, -0.25) is 13.9 Å². The lowest BCUT2D eigenvalue weighted by Crippen LogP contribution is -2.69. The van der Waals surface area contributed by atoms with Crippen LogP contribution in [0.1, 0.15) is 56.0 Å². The average molecular weight is 491 g/mol. The number of pyridine rings is 1. The van der Waals surface area contributed by atoms with Crippen molar-refractivity contribution in [2.45, 2.75) is 61.3 Å². The van der Waals surface area contributed by atoms with E-state index in [1.165, 1.54) is 0 Å². The molecule has 0 saturated heterocycles. The minimum Gasteiger partial charge on any atom is -0.348 e. The second kappa shape index (κ2) is 6.96. The predicted octanol–water partition coefficient (Wildman–Crippen LogP) is 4.45. The lowest BCUT2D eigenvalue weighted by molar-refractivity contribution is -0.184. The fraction of sp³-hybridized carbons (Fsp3) is 0.545. The second-order valence-corrected chi connectivity index (χ2v) is 12.1. The number of carbonyl (C=O) groups excluding carboxylic acids is 1. The van der Waals surface area contributed by atoms with Crippen LogP contribution in [0.3, 0.4) is 0 Å². The van der Waals surface area contributed by atoms with Gasteiger partial charge in [0, 0.05) is 41.7 Å². The van der Waals surface area contributed by atoms with E-state index >= 15 is 0 Å². The van der Waals surface area contributed by atoms with Crippen molar-refractivity contribution in [2.24, 2.45) is 5.41 Å². The van der Waals surface area contributed by atoms with Crippen LogP contribution in [0.5, 0.6) is 0 Å². The van der Waals surface area contributed by atoms with E-state index in [2.05, 4.69) is 32.9 Å². The van der Waals surface area contributed by atoms with Gasteiger partial charge in [0.1, 0.15) is 11.3 Å². The van der Waals surface area contributed by atoms with E-state index in [-0.39, 0.29) is 27.3 Å². The number of imidazole rings is 1. The lowest BCUT2D eigenvalue weighted by Gasteiger charge is -2.70. The van der Waals surface area contributed by atoms with E-state index in [1.54, 1.807) is 23.0 Å². The van der Waals surface area contributed by atoms with Crippen LogP contribution < -0.4 is 4.72 Å². The molecule has 0 atom stereocenters. The Morgan fingerprint density at radius 1 is 1.27 bits per heavy atom. The van der Waals surface area contributed by atoms with Gasteiger partial charge in [-0.1, -0.05) is 11.3 Å². The summed E-state index contributed by atoms with van der Waals surface area (Å²) in [7, 11) is 3.62. The van der Waals surface area contributed by atoms with Gasteiger partial charge < -0.3 is 4.90 Å². The molecule has 4 aliphatic rings. The van der Waals surface area contributed by atoms with Crippen molar-refractivity contribution in [2.75, 3.05) is 14.1 Å². The molecule has 7 nitrogen and oxygen atoms in total. The van der Waals surface area contributed by atoms with Gasteiger partial charge in [0.15, 0.2) is 10.0 Å². The maximum Gasteiger partial charge on any atom is 0.291 e. The minimum atomic E-state index is -2.65. The SMILES string of the molecule is CN(C)C(=O)C12CC(c3cc(SNC4(C)CC4)cn4c(-c5nnc(C(F)F)s5)cnc34)(C1)C2. The third-order valence-electron chi connectivity index (χ3n) is 7.30. The zero-order valence-electron chi connectivity index (χ0n) is 18.6. The van der Waals surface area contributed by atoms with Gasteiger partial charge in [0.05, 0.1) is 11.6 Å². The Morgan fingerprint density at radius 2 is 2.00 bits per heavy atom. The van der Waals surface area contributed by atoms with Crippen LogP contribution in [0, 0.1) is 5.41 Å². The molecule has 3 aromatic rings. The van der Waals surface area contributed by atoms with Gasteiger partial charge in [-0.25, -0.2) is 13.8 Å². The van der Waals surface area contributed by atoms with Crippen molar-refractivity contribution < 1.29 is 13.6 Å². The molecule has 1 amide bonds. The number of nitrogens with one attached hydrogen (secondary N) is 1. The zero-order chi connectivity index (χ0) is 23.2. The Hall–Kier alpha value is -2.11. The maximum atomic E-state index is 13.1. The van der Waals surface area contributed by atoms with E-state index in [9.17, 15) is 13.6 Å². The summed E-state index contributed by atoms with van der Waals surface area (Å²) < 4.78 is 31.7. The molecule has 0 unspecified atom stereocenters. The molecular weight excluding hydrogens is 466 g/mol. The molecule has 11 heteroatoms. The summed E-state index contributed by atoms with van der Waals surface area (Å²) in [5.74, 6) is 0.201. The maximum absolute atomic E-state index is 13.1. The van der Waals surface area contributed by atoms with E-state index < -0.39 is 6.43 Å². The summed E-state index contributed by atoms with van der Waals surface area (Å²) >= 11 is 2.48. The smallest absolute Gasteiger partial charge is 0.291 e. The van der Waals surface area contributed by atoms with E-state index in [0.717, 1.165) is 59.5 Å². The number of rotatable bonds is 7. The van der Waals surface area contributed by atoms with E-state index in [0.29, 0.717) is 10.7 Å². The van der Waals surface area contributed by atoms with Crippen LogP contribution in [-0.2, 0) is 10.2 Å². The monoisotopic (exact) mass is 490 g/mol. The highest BCUT2D eigenvalue weighted by atomic mass is 32.2. The summed E-state index contributed by atoms with van der Waals surface area (Å²) in [6, 6.07) is 2.18. The van der Waals surface area contributed by atoms with Crippen molar-refractivity contribution in [3.8, 4) is 10.7 Å². The molecule has 0 aliphatic heterocycles. The van der Waals surface area contributed by atoms with Crippen LogP contribution in [0.2, 0.25) is 0 Å². The molecule has 3 aromatic heterocycles. The van der Waals surface area contributed by atoms with Crippen LogP contribution >= 0.6 is 23.3 Å². The Labute approximate surface area is 198 Å². The number of nitrogens with zero attached hydrogens (tertiary/aromatic N) is 5. The molecule has 0 radical (unpaired) electrons. The number of hydrogen-bond acceptors (Lipinski definition) is 7. The molecule has 174 valence electrons. The molecule has 4 aliphatic carbocycles. The number of carbonyl (C=O) groups is 1. The van der Waals surface area contributed by atoms with Crippen molar-refractivity contribution in [3.63, 3.8) is 0 Å². The van der Waals surface area contributed by atoms with Gasteiger partial charge in [-0.05, 0) is 57.0 Å². The summed E-state index contributed by atoms with van der Waals surface area (Å²) in [6.07, 6.45) is 5.78. The molecule has 0 aromatic carbocycles. The van der Waals surface area contributed by atoms with Gasteiger partial charge in [-0.2, -0.15) is 0 Å². The molecular formula is C22H24F2N6OS2. The number of halogens is 2. The Bertz CT molecular complexity index is 1260.